The predicted octanol–water partition coefficient (Wildman–Crippen LogP) is 2.86. The van der Waals surface area contributed by atoms with Crippen molar-refractivity contribution >= 4 is 21.8 Å². The quantitative estimate of drug-likeness (QED) is 0.640. The Hall–Kier alpha value is -1.77. The van der Waals surface area contributed by atoms with Crippen LogP contribution in [0.25, 0.3) is 11.4 Å². The van der Waals surface area contributed by atoms with Crippen LogP contribution < -0.4 is 5.32 Å². The number of nitrogens with one attached hydrogen (secondary N) is 1. The van der Waals surface area contributed by atoms with Gasteiger partial charge in [-0.3, -0.25) is 9.69 Å². The Balaban J connectivity index is 1.45. The number of carbonyl (C=O) groups excluding carboxylic acids is 1. The Bertz CT molecular complexity index is 744. The molecule has 0 saturated carbocycles. The van der Waals surface area contributed by atoms with Crippen LogP contribution in [0.1, 0.15) is 25.2 Å². The predicted molar refractivity (Wildman–Crippen MR) is 105 cm³/mol. The zero-order chi connectivity index (χ0) is 19.1. The topological polar surface area (TPSA) is 80.5 Å². The Labute approximate surface area is 167 Å². The van der Waals surface area contributed by atoms with Crippen LogP contribution in [0.2, 0.25) is 0 Å². The second kappa shape index (κ2) is 9.96. The molecule has 0 atom stereocenters. The molecule has 1 saturated heterocycles. The molecule has 27 heavy (non-hydrogen) atoms. The van der Waals surface area contributed by atoms with E-state index in [1.807, 2.05) is 24.3 Å². The van der Waals surface area contributed by atoms with Gasteiger partial charge in [-0.1, -0.05) is 33.2 Å². The van der Waals surface area contributed by atoms with Gasteiger partial charge in [0.05, 0.1) is 6.54 Å². The highest BCUT2D eigenvalue weighted by atomic mass is 79.9. The third-order valence-electron chi connectivity index (χ3n) is 4.69. The summed E-state index contributed by atoms with van der Waals surface area (Å²) in [6.45, 7) is 3.66. The third kappa shape index (κ3) is 5.85. The molecular weight excluding hydrogens is 412 g/mol. The number of rotatable bonds is 8. The second-order valence-corrected chi connectivity index (χ2v) is 7.63. The van der Waals surface area contributed by atoms with E-state index in [2.05, 4.69) is 36.3 Å². The molecule has 1 fully saturated rings. The van der Waals surface area contributed by atoms with Crippen LogP contribution in [0.15, 0.2) is 33.3 Å². The van der Waals surface area contributed by atoms with Gasteiger partial charge in [0.1, 0.15) is 0 Å². The molecule has 0 radical (unpaired) electrons. The molecule has 0 bridgehead atoms. The summed E-state index contributed by atoms with van der Waals surface area (Å²) in [6, 6.07) is 7.82. The summed E-state index contributed by atoms with van der Waals surface area (Å²) in [4.78, 5) is 19.0. The van der Waals surface area contributed by atoms with Crippen LogP contribution in [-0.2, 0) is 16.1 Å². The maximum atomic E-state index is 12.2. The van der Waals surface area contributed by atoms with E-state index in [4.69, 9.17) is 9.26 Å². The lowest BCUT2D eigenvalue weighted by Gasteiger charge is -2.30. The van der Waals surface area contributed by atoms with E-state index < -0.39 is 0 Å². The molecule has 3 rings (SSSR count). The summed E-state index contributed by atoms with van der Waals surface area (Å²) in [7, 11) is 1.67. The molecule has 7 nitrogen and oxygen atoms in total. The lowest BCUT2D eigenvalue weighted by Crippen LogP contribution is -2.40. The van der Waals surface area contributed by atoms with E-state index in [1.165, 1.54) is 0 Å². The highest BCUT2D eigenvalue weighted by Gasteiger charge is 2.25. The van der Waals surface area contributed by atoms with Gasteiger partial charge in [0.2, 0.25) is 17.6 Å². The number of benzene rings is 1. The van der Waals surface area contributed by atoms with Gasteiger partial charge in [0, 0.05) is 36.2 Å². The first-order chi connectivity index (χ1) is 13.2. The van der Waals surface area contributed by atoms with Crippen molar-refractivity contribution in [1.82, 2.24) is 20.4 Å². The van der Waals surface area contributed by atoms with Gasteiger partial charge < -0.3 is 14.6 Å². The zero-order valence-electron chi connectivity index (χ0n) is 15.5. The van der Waals surface area contributed by atoms with Gasteiger partial charge in [-0.15, -0.1) is 0 Å². The van der Waals surface area contributed by atoms with Crippen LogP contribution in [-0.4, -0.2) is 54.3 Å². The fourth-order valence-corrected chi connectivity index (χ4v) is 3.58. The van der Waals surface area contributed by atoms with E-state index >= 15 is 0 Å². The van der Waals surface area contributed by atoms with Crippen molar-refractivity contribution in [3.63, 3.8) is 0 Å². The van der Waals surface area contributed by atoms with E-state index in [-0.39, 0.29) is 11.8 Å². The number of hydrogen-bond donors (Lipinski definition) is 1. The molecule has 146 valence electrons. The number of amides is 1. The maximum absolute atomic E-state index is 12.2. The standard InChI is InChI=1S/C19H25BrN4O3/c1-26-11-3-8-21-19(25)14-6-9-24(10-7-14)13-17-22-18(23-27-17)15-4-2-5-16(20)12-15/h2,4-5,12,14H,3,6-11,13H2,1H3,(H,21,25). The van der Waals surface area contributed by atoms with Crippen molar-refractivity contribution in [2.24, 2.45) is 5.92 Å². The van der Waals surface area contributed by atoms with Crippen molar-refractivity contribution in [3.8, 4) is 11.4 Å². The van der Waals surface area contributed by atoms with Crippen LogP contribution in [0, 0.1) is 5.92 Å². The number of methoxy groups -OCH3 is 1. The molecule has 0 spiro atoms. The summed E-state index contributed by atoms with van der Waals surface area (Å²) in [5.41, 5.74) is 0.920. The minimum atomic E-state index is 0.0868. The van der Waals surface area contributed by atoms with Gasteiger partial charge in [-0.05, 0) is 44.5 Å². The summed E-state index contributed by atoms with van der Waals surface area (Å²) in [5, 5.41) is 7.07. The zero-order valence-corrected chi connectivity index (χ0v) is 17.1. The highest BCUT2D eigenvalue weighted by molar-refractivity contribution is 9.10. The van der Waals surface area contributed by atoms with E-state index in [0.29, 0.717) is 31.4 Å². The smallest absolute Gasteiger partial charge is 0.241 e. The van der Waals surface area contributed by atoms with Crippen molar-refractivity contribution in [1.29, 1.82) is 0 Å². The largest absolute Gasteiger partial charge is 0.385 e. The molecular formula is C19H25BrN4O3. The Morgan fingerprint density at radius 1 is 1.41 bits per heavy atom. The maximum Gasteiger partial charge on any atom is 0.241 e. The lowest BCUT2D eigenvalue weighted by atomic mass is 9.96. The Kier molecular flexibility index (Phi) is 7.37. The molecule has 2 heterocycles. The molecule has 1 aromatic carbocycles. The average Bonchev–Trinajstić information content (AvgIpc) is 3.14. The van der Waals surface area contributed by atoms with E-state index in [0.717, 1.165) is 42.4 Å². The molecule has 8 heteroatoms. The number of halogens is 1. The van der Waals surface area contributed by atoms with Crippen molar-refractivity contribution in [3.05, 3.63) is 34.6 Å². The number of hydrogen-bond acceptors (Lipinski definition) is 6. The van der Waals surface area contributed by atoms with Crippen molar-refractivity contribution in [2.75, 3.05) is 33.4 Å². The molecule has 0 unspecified atom stereocenters. The minimum absolute atomic E-state index is 0.0868. The van der Waals surface area contributed by atoms with Gasteiger partial charge >= 0.3 is 0 Å². The van der Waals surface area contributed by atoms with Gasteiger partial charge in [0.15, 0.2) is 0 Å². The van der Waals surface area contributed by atoms with Crippen molar-refractivity contribution in [2.45, 2.75) is 25.8 Å². The number of likely N-dealkylation sites (tertiary alicyclic amines) is 1. The first kappa shape index (κ1) is 20.0. The lowest BCUT2D eigenvalue weighted by molar-refractivity contribution is -0.126. The summed E-state index contributed by atoms with van der Waals surface area (Å²) in [6.07, 6.45) is 2.55. The second-order valence-electron chi connectivity index (χ2n) is 6.71. The van der Waals surface area contributed by atoms with Gasteiger partial charge in [0.25, 0.3) is 0 Å². The molecule has 1 aromatic heterocycles. The molecule has 2 aromatic rings. The Morgan fingerprint density at radius 2 is 2.22 bits per heavy atom. The van der Waals surface area contributed by atoms with Crippen LogP contribution in [0.4, 0.5) is 0 Å². The number of ether oxygens (including phenoxy) is 1. The number of piperidine rings is 1. The summed E-state index contributed by atoms with van der Waals surface area (Å²) < 4.78 is 11.4. The Morgan fingerprint density at radius 3 is 2.96 bits per heavy atom. The molecule has 1 aliphatic heterocycles. The van der Waals surface area contributed by atoms with Gasteiger partial charge in [-0.2, -0.15) is 4.98 Å². The minimum Gasteiger partial charge on any atom is -0.385 e. The number of carbonyl (C=O) groups is 1. The van der Waals surface area contributed by atoms with Crippen LogP contribution >= 0.6 is 15.9 Å². The van der Waals surface area contributed by atoms with Crippen LogP contribution in [0.3, 0.4) is 0 Å². The fourth-order valence-electron chi connectivity index (χ4n) is 3.18. The normalized spacial score (nSPS) is 15.8. The number of nitrogens with zero attached hydrogens (tertiary/aromatic N) is 3. The highest BCUT2D eigenvalue weighted by Crippen LogP contribution is 2.22. The van der Waals surface area contributed by atoms with E-state index in [1.54, 1.807) is 7.11 Å². The van der Waals surface area contributed by atoms with Gasteiger partial charge in [-0.25, -0.2) is 0 Å². The number of aromatic nitrogens is 2. The SMILES string of the molecule is COCCCNC(=O)C1CCN(Cc2nc(-c3cccc(Br)c3)no2)CC1. The third-order valence-corrected chi connectivity index (χ3v) is 5.19. The summed E-state index contributed by atoms with van der Waals surface area (Å²) >= 11 is 3.45. The van der Waals surface area contributed by atoms with E-state index in [9.17, 15) is 4.79 Å². The van der Waals surface area contributed by atoms with Crippen LogP contribution in [0.5, 0.6) is 0 Å². The summed E-state index contributed by atoms with van der Waals surface area (Å²) in [5.74, 6) is 1.44. The molecule has 1 N–H and O–H groups in total. The molecule has 1 amide bonds. The monoisotopic (exact) mass is 436 g/mol. The first-order valence-electron chi connectivity index (χ1n) is 9.23. The molecule has 1 aliphatic rings. The average molecular weight is 437 g/mol. The van der Waals surface area contributed by atoms with Crippen molar-refractivity contribution < 1.29 is 14.1 Å². The first-order valence-corrected chi connectivity index (χ1v) is 10.0. The fraction of sp³-hybridized carbons (Fsp3) is 0.526. The molecule has 0 aliphatic carbocycles.